The average Bonchev–Trinajstić information content (AvgIpc) is 3.04. The highest BCUT2D eigenvalue weighted by Gasteiger charge is 2.49. The number of benzene rings is 1. The second kappa shape index (κ2) is 6.50. The molecule has 140 valence electrons. The Morgan fingerprint density at radius 3 is 2.58 bits per heavy atom. The Morgan fingerprint density at radius 2 is 2.04 bits per heavy atom. The molecule has 1 N–H and O–H groups in total. The lowest BCUT2D eigenvalue weighted by Gasteiger charge is -2.31. The molecule has 1 saturated heterocycles. The lowest BCUT2D eigenvalue weighted by Crippen LogP contribution is -2.41. The Bertz CT molecular complexity index is 906. The molecule has 2 atom stereocenters. The van der Waals surface area contributed by atoms with Crippen LogP contribution in [-0.4, -0.2) is 47.7 Å². The molecule has 0 bridgehead atoms. The number of carbonyl (C=O) groups excluding carboxylic acids is 2. The Hall–Kier alpha value is -2.22. The Morgan fingerprint density at radius 1 is 1.35 bits per heavy atom. The molecule has 0 radical (unpaired) electrons. The van der Waals surface area contributed by atoms with E-state index >= 15 is 0 Å². The maximum atomic E-state index is 13.8. The van der Waals surface area contributed by atoms with Gasteiger partial charge in [0.1, 0.15) is 5.82 Å². The fourth-order valence-electron chi connectivity index (χ4n) is 3.56. The van der Waals surface area contributed by atoms with Gasteiger partial charge in [0.15, 0.2) is 21.4 Å². The fraction of sp³-hybridized carbons (Fsp3) is 0.444. The van der Waals surface area contributed by atoms with E-state index in [1.807, 2.05) is 0 Å². The topological polar surface area (TPSA) is 91.8 Å². The van der Waals surface area contributed by atoms with Gasteiger partial charge in [-0.2, -0.15) is 0 Å². The molecular formula is C18H20FNO5S. The highest BCUT2D eigenvalue weighted by Crippen LogP contribution is 2.42. The minimum atomic E-state index is -3.29. The second-order valence-electron chi connectivity index (χ2n) is 7.01. The molecule has 2 aliphatic rings. The highest BCUT2D eigenvalue weighted by molar-refractivity contribution is 7.91. The van der Waals surface area contributed by atoms with Crippen LogP contribution in [0.25, 0.3) is 0 Å². The number of aliphatic hydroxyl groups is 1. The molecule has 0 unspecified atom stereocenters. The van der Waals surface area contributed by atoms with Crippen LogP contribution < -0.4 is 0 Å². The van der Waals surface area contributed by atoms with Crippen molar-refractivity contribution in [1.29, 1.82) is 0 Å². The van der Waals surface area contributed by atoms with Crippen LogP contribution in [0.5, 0.6) is 0 Å². The van der Waals surface area contributed by atoms with Crippen LogP contribution in [0.4, 0.5) is 4.39 Å². The number of Topliss-reactive ketones (excluding diaryl/α,β-unsaturated/α-hetero) is 1. The van der Waals surface area contributed by atoms with E-state index in [1.165, 1.54) is 23.1 Å². The first-order valence-electron chi connectivity index (χ1n) is 8.38. The summed E-state index contributed by atoms with van der Waals surface area (Å²) in [7, 11) is -3.29. The lowest BCUT2D eigenvalue weighted by molar-refractivity contribution is -0.131. The lowest BCUT2D eigenvalue weighted by atomic mass is 9.91. The average molecular weight is 381 g/mol. The van der Waals surface area contributed by atoms with E-state index in [1.54, 1.807) is 19.9 Å². The van der Waals surface area contributed by atoms with E-state index in [0.29, 0.717) is 5.56 Å². The number of hydrogen-bond donors (Lipinski definition) is 1. The normalized spacial score (nSPS) is 25.4. The minimum Gasteiger partial charge on any atom is -0.503 e. The molecule has 2 heterocycles. The van der Waals surface area contributed by atoms with Gasteiger partial charge in [0, 0.05) is 12.0 Å². The first kappa shape index (κ1) is 18.6. The third-order valence-corrected chi connectivity index (χ3v) is 6.55. The van der Waals surface area contributed by atoms with Crippen LogP contribution in [0.2, 0.25) is 0 Å². The van der Waals surface area contributed by atoms with Gasteiger partial charge < -0.3 is 10.0 Å². The summed E-state index contributed by atoms with van der Waals surface area (Å²) < 4.78 is 37.5. The van der Waals surface area contributed by atoms with Crippen molar-refractivity contribution in [1.82, 2.24) is 4.90 Å². The maximum absolute atomic E-state index is 13.8. The number of hydrogen-bond acceptors (Lipinski definition) is 5. The fourth-order valence-corrected chi connectivity index (χ4v) is 5.27. The SMILES string of the molecule is CC(C)C(=O)C1=C(O)C(=O)N([C@H]2CCS(=O)(=O)C2)[C@H]1c1cccc(F)c1. The third kappa shape index (κ3) is 3.13. The Labute approximate surface area is 151 Å². The summed E-state index contributed by atoms with van der Waals surface area (Å²) >= 11 is 0. The molecule has 0 spiro atoms. The molecule has 1 aromatic carbocycles. The molecule has 3 rings (SSSR count). The summed E-state index contributed by atoms with van der Waals surface area (Å²) in [6, 6.07) is 3.78. The van der Waals surface area contributed by atoms with E-state index in [0.717, 1.165) is 0 Å². The number of aliphatic hydroxyl groups excluding tert-OH is 1. The molecular weight excluding hydrogens is 361 g/mol. The summed E-state index contributed by atoms with van der Waals surface area (Å²) in [5.41, 5.74) is 0.232. The predicted octanol–water partition coefficient (Wildman–Crippen LogP) is 1.93. The molecule has 8 heteroatoms. The van der Waals surface area contributed by atoms with Crippen molar-refractivity contribution >= 4 is 21.5 Å². The first-order valence-corrected chi connectivity index (χ1v) is 10.2. The van der Waals surface area contributed by atoms with Crippen LogP contribution in [0.3, 0.4) is 0 Å². The van der Waals surface area contributed by atoms with Crippen molar-refractivity contribution < 1.29 is 27.5 Å². The second-order valence-corrected chi connectivity index (χ2v) is 9.24. The molecule has 1 fully saturated rings. The van der Waals surface area contributed by atoms with Crippen LogP contribution in [0.1, 0.15) is 31.9 Å². The van der Waals surface area contributed by atoms with Crippen LogP contribution >= 0.6 is 0 Å². The monoisotopic (exact) mass is 381 g/mol. The summed E-state index contributed by atoms with van der Waals surface area (Å²) in [5.74, 6) is -3.21. The van der Waals surface area contributed by atoms with Gasteiger partial charge >= 0.3 is 0 Å². The van der Waals surface area contributed by atoms with Crippen molar-refractivity contribution in [3.8, 4) is 0 Å². The van der Waals surface area contributed by atoms with Gasteiger partial charge in [0.05, 0.1) is 23.1 Å². The summed E-state index contributed by atoms with van der Waals surface area (Å²) in [6.45, 7) is 3.27. The van der Waals surface area contributed by atoms with E-state index in [4.69, 9.17) is 0 Å². The molecule has 1 aromatic rings. The van der Waals surface area contributed by atoms with Gasteiger partial charge in [-0.1, -0.05) is 26.0 Å². The first-order chi connectivity index (χ1) is 12.1. The van der Waals surface area contributed by atoms with Crippen molar-refractivity contribution in [2.24, 2.45) is 5.92 Å². The zero-order valence-electron chi connectivity index (χ0n) is 14.5. The van der Waals surface area contributed by atoms with E-state index < -0.39 is 51.1 Å². The molecule has 0 aliphatic carbocycles. The van der Waals surface area contributed by atoms with Crippen molar-refractivity contribution in [2.75, 3.05) is 11.5 Å². The molecule has 1 amide bonds. The summed E-state index contributed by atoms with van der Waals surface area (Å²) in [5, 5.41) is 10.4. The maximum Gasteiger partial charge on any atom is 0.290 e. The van der Waals surface area contributed by atoms with Gasteiger partial charge in [-0.3, -0.25) is 9.59 Å². The number of rotatable bonds is 4. The van der Waals surface area contributed by atoms with Crippen molar-refractivity contribution in [3.63, 3.8) is 0 Å². The van der Waals surface area contributed by atoms with Gasteiger partial charge in [-0.15, -0.1) is 0 Å². The summed E-state index contributed by atoms with van der Waals surface area (Å²) in [6.07, 6.45) is 0.219. The highest BCUT2D eigenvalue weighted by atomic mass is 32.2. The molecule has 0 aromatic heterocycles. The smallest absolute Gasteiger partial charge is 0.290 e. The zero-order chi connectivity index (χ0) is 19.2. The predicted molar refractivity (Wildman–Crippen MR) is 92.5 cm³/mol. The number of sulfone groups is 1. The van der Waals surface area contributed by atoms with Gasteiger partial charge in [0.2, 0.25) is 0 Å². The minimum absolute atomic E-state index is 0.0639. The zero-order valence-corrected chi connectivity index (χ0v) is 15.3. The molecule has 0 saturated carbocycles. The van der Waals surface area contributed by atoms with E-state index in [9.17, 15) is 27.5 Å². The molecule has 26 heavy (non-hydrogen) atoms. The third-order valence-electron chi connectivity index (χ3n) is 4.80. The Balaban J connectivity index is 2.12. The number of carbonyl (C=O) groups is 2. The van der Waals surface area contributed by atoms with Gasteiger partial charge in [-0.25, -0.2) is 12.8 Å². The van der Waals surface area contributed by atoms with Crippen LogP contribution in [0, 0.1) is 11.7 Å². The summed E-state index contributed by atoms with van der Waals surface area (Å²) in [4.78, 5) is 26.6. The van der Waals surface area contributed by atoms with Gasteiger partial charge in [0.25, 0.3) is 5.91 Å². The number of amides is 1. The standard InChI is InChI=1S/C18H20FNO5S/c1-10(2)16(21)14-15(11-4-3-5-12(19)8-11)20(18(23)17(14)22)13-6-7-26(24,25)9-13/h3-5,8,10,13,15,22H,6-7,9H2,1-2H3/t13-,15-/m0/s1. The molecule has 2 aliphatic heterocycles. The van der Waals surface area contributed by atoms with Crippen molar-refractivity contribution in [2.45, 2.75) is 32.4 Å². The molecule has 6 nitrogen and oxygen atoms in total. The number of halogens is 1. The quantitative estimate of drug-likeness (QED) is 0.860. The van der Waals surface area contributed by atoms with Crippen LogP contribution in [-0.2, 0) is 19.4 Å². The van der Waals surface area contributed by atoms with Crippen molar-refractivity contribution in [3.05, 3.63) is 47.0 Å². The largest absolute Gasteiger partial charge is 0.503 e. The number of ketones is 1. The van der Waals surface area contributed by atoms with Gasteiger partial charge in [-0.05, 0) is 24.1 Å². The van der Waals surface area contributed by atoms with E-state index in [-0.39, 0.29) is 23.5 Å². The Kier molecular flexibility index (Phi) is 4.64. The van der Waals surface area contributed by atoms with E-state index in [2.05, 4.69) is 0 Å². The van der Waals surface area contributed by atoms with Crippen LogP contribution in [0.15, 0.2) is 35.6 Å². The number of nitrogens with zero attached hydrogens (tertiary/aromatic N) is 1.